The SMILES string of the molecule is CC(C=CC=C(C)C=CC1=C(C)C(=O)C(OC(=O)CCNC(=O)NCC(=O)OC(C)(C)C)CC1(C)C)=CC=CC=C(C)C=CC=C(C)C=CC1=C(C)C(=O)C(OC(=O)CCNC(=O)NCC(=O)OC(C)(C)C)CC1(C)C. The number of ketones is 2. The molecule has 0 radical (unpaired) electrons. The smallest absolute Gasteiger partial charge is 0.325 e. The minimum atomic E-state index is -0.937. The highest BCUT2D eigenvalue weighted by Gasteiger charge is 2.41. The lowest BCUT2D eigenvalue weighted by molar-refractivity contribution is -0.156. The Labute approximate surface area is 451 Å². The molecule has 0 saturated carbocycles. The number of Topliss-reactive ketones (excluding diaryl/α,β-unsaturated/α-hetero) is 2. The summed E-state index contributed by atoms with van der Waals surface area (Å²) in [5, 5.41) is 9.76. The Bertz CT molecular complexity index is 2350. The van der Waals surface area contributed by atoms with Crippen LogP contribution in [-0.4, -0.2) is 97.1 Å². The van der Waals surface area contributed by atoms with Crippen molar-refractivity contribution in [3.8, 4) is 0 Å². The maximum Gasteiger partial charge on any atom is 0.325 e. The molecule has 76 heavy (non-hydrogen) atoms. The van der Waals surface area contributed by atoms with Gasteiger partial charge in [-0.15, -0.1) is 0 Å². The molecule has 0 bridgehead atoms. The van der Waals surface area contributed by atoms with Gasteiger partial charge in [0, 0.05) is 25.9 Å². The molecule has 4 N–H and O–H groups in total. The van der Waals surface area contributed by atoms with Crippen molar-refractivity contribution < 1.29 is 57.3 Å². The van der Waals surface area contributed by atoms with Gasteiger partial charge < -0.3 is 40.2 Å². The van der Waals surface area contributed by atoms with Crippen molar-refractivity contribution in [3.63, 3.8) is 0 Å². The van der Waals surface area contributed by atoms with E-state index in [-0.39, 0.29) is 50.6 Å². The molecule has 0 heterocycles. The monoisotopic (exact) mass is 1050 g/mol. The van der Waals surface area contributed by atoms with E-state index in [9.17, 15) is 38.4 Å². The summed E-state index contributed by atoms with van der Waals surface area (Å²) in [5.41, 5.74) is 4.56. The molecule has 16 nitrogen and oxygen atoms in total. The van der Waals surface area contributed by atoms with Crippen LogP contribution in [0.25, 0.3) is 0 Å². The molecule has 0 fully saturated rings. The number of allylic oxidation sites excluding steroid dienone is 20. The number of nitrogens with one attached hydrogen (secondary N) is 4. The fourth-order valence-electron chi connectivity index (χ4n) is 7.93. The van der Waals surface area contributed by atoms with Gasteiger partial charge in [0.15, 0.2) is 23.8 Å². The van der Waals surface area contributed by atoms with Gasteiger partial charge in [-0.2, -0.15) is 0 Å². The van der Waals surface area contributed by atoms with E-state index in [0.29, 0.717) is 24.0 Å². The van der Waals surface area contributed by atoms with E-state index in [1.54, 1.807) is 55.4 Å². The predicted molar refractivity (Wildman–Crippen MR) is 296 cm³/mol. The zero-order valence-electron chi connectivity index (χ0n) is 47.8. The highest BCUT2D eigenvalue weighted by molar-refractivity contribution is 6.02. The lowest BCUT2D eigenvalue weighted by Gasteiger charge is -2.36. The molecule has 2 aliphatic rings. The van der Waals surface area contributed by atoms with Crippen molar-refractivity contribution in [2.24, 2.45) is 10.8 Å². The second kappa shape index (κ2) is 29.8. The van der Waals surface area contributed by atoms with Gasteiger partial charge in [0.1, 0.15) is 24.3 Å². The molecule has 2 atom stereocenters. The molecule has 0 spiro atoms. The van der Waals surface area contributed by atoms with Gasteiger partial charge in [0.2, 0.25) is 0 Å². The lowest BCUT2D eigenvalue weighted by atomic mass is 9.71. The third-order valence-electron chi connectivity index (χ3n) is 11.7. The first kappa shape index (κ1) is 65.0. The van der Waals surface area contributed by atoms with Crippen molar-refractivity contribution in [1.82, 2.24) is 21.3 Å². The van der Waals surface area contributed by atoms with E-state index in [1.807, 2.05) is 140 Å². The van der Waals surface area contributed by atoms with Crippen LogP contribution in [0.4, 0.5) is 9.59 Å². The molecule has 416 valence electrons. The number of ether oxygens (including phenoxy) is 4. The van der Waals surface area contributed by atoms with Crippen LogP contribution >= 0.6 is 0 Å². The molecule has 2 aliphatic carbocycles. The van der Waals surface area contributed by atoms with Crippen LogP contribution in [0, 0.1) is 10.8 Å². The van der Waals surface area contributed by atoms with Gasteiger partial charge >= 0.3 is 35.9 Å². The van der Waals surface area contributed by atoms with Gasteiger partial charge in [-0.1, -0.05) is 135 Å². The average Bonchev–Trinajstić information content (AvgIpc) is 3.28. The van der Waals surface area contributed by atoms with Crippen molar-refractivity contribution in [2.75, 3.05) is 26.2 Å². The third-order valence-corrected chi connectivity index (χ3v) is 11.7. The largest absolute Gasteiger partial charge is 0.459 e. The Morgan fingerprint density at radius 1 is 0.500 bits per heavy atom. The van der Waals surface area contributed by atoms with Gasteiger partial charge in [-0.3, -0.25) is 28.8 Å². The Balaban J connectivity index is 1.89. The van der Waals surface area contributed by atoms with Crippen LogP contribution < -0.4 is 21.3 Å². The van der Waals surface area contributed by atoms with Crippen LogP contribution in [0.2, 0.25) is 0 Å². The Kier molecular flexibility index (Phi) is 25.5. The van der Waals surface area contributed by atoms with Crippen LogP contribution in [0.15, 0.2) is 130 Å². The maximum atomic E-state index is 13.3. The summed E-state index contributed by atoms with van der Waals surface area (Å²) in [6.45, 7) is 29.1. The van der Waals surface area contributed by atoms with Crippen molar-refractivity contribution in [1.29, 1.82) is 0 Å². The van der Waals surface area contributed by atoms with Gasteiger partial charge in [-0.25, -0.2) is 9.59 Å². The first-order valence-corrected chi connectivity index (χ1v) is 25.6. The van der Waals surface area contributed by atoms with Crippen molar-refractivity contribution in [3.05, 3.63) is 130 Å². The van der Waals surface area contributed by atoms with Gasteiger partial charge in [0.25, 0.3) is 0 Å². The number of carbonyl (C=O) groups excluding carboxylic acids is 8. The topological polar surface area (TPSA) is 222 Å². The molecular weight excluding hydrogens is 969 g/mol. The Hall–Kier alpha value is -7.10. The number of hydrogen-bond donors (Lipinski definition) is 4. The summed E-state index contributed by atoms with van der Waals surface area (Å²) >= 11 is 0. The number of urea groups is 2. The number of rotatable bonds is 22. The lowest BCUT2D eigenvalue weighted by Crippen LogP contribution is -2.42. The van der Waals surface area contributed by atoms with E-state index < -0.39 is 70.2 Å². The minimum absolute atomic E-state index is 0.0370. The Morgan fingerprint density at radius 3 is 1.14 bits per heavy atom. The maximum absolute atomic E-state index is 13.3. The number of hydrogen-bond acceptors (Lipinski definition) is 12. The molecule has 0 aromatic carbocycles. The fraction of sp³-hybridized carbons (Fsp3) is 0.500. The van der Waals surface area contributed by atoms with E-state index >= 15 is 0 Å². The van der Waals surface area contributed by atoms with E-state index in [4.69, 9.17) is 18.9 Å². The minimum Gasteiger partial charge on any atom is -0.459 e. The molecule has 2 rings (SSSR count). The first-order chi connectivity index (χ1) is 35.2. The van der Waals surface area contributed by atoms with Crippen LogP contribution in [-0.2, 0) is 47.7 Å². The zero-order valence-corrected chi connectivity index (χ0v) is 47.8. The molecule has 2 unspecified atom stereocenters. The van der Waals surface area contributed by atoms with Gasteiger partial charge in [0.05, 0.1) is 12.8 Å². The normalized spacial score (nSPS) is 19.0. The highest BCUT2D eigenvalue weighted by atomic mass is 16.6. The molecule has 0 aromatic heterocycles. The van der Waals surface area contributed by atoms with Crippen molar-refractivity contribution >= 4 is 47.5 Å². The molecule has 0 saturated heterocycles. The highest BCUT2D eigenvalue weighted by Crippen LogP contribution is 2.42. The fourth-order valence-corrected chi connectivity index (χ4v) is 7.93. The number of carbonyl (C=O) groups is 8. The quantitative estimate of drug-likeness (QED) is 0.0452. The Morgan fingerprint density at radius 2 is 0.816 bits per heavy atom. The standard InChI is InChI=1S/C60H84N4O12/c1-39(23-19-25-41(3)27-29-45-43(5)53(69)47(35-59(45,13)14)73-49(65)31-33-61-55(71)63-37-51(67)75-57(7,8)9)21-17-18-22-40(2)24-20-26-42(4)28-30-46-44(6)54(70)48(36-60(46,15)16)74-50(66)32-34-62-56(72)64-38-52(68)76-58(10,11)12/h17-30,47-48H,31-38H2,1-16H3,(H2,61,63,71)(H2,62,64,72). The second-order valence-corrected chi connectivity index (χ2v) is 22.2. The van der Waals surface area contributed by atoms with Crippen molar-refractivity contribution in [2.45, 2.75) is 160 Å². The van der Waals surface area contributed by atoms with Crippen LogP contribution in [0.5, 0.6) is 0 Å². The van der Waals surface area contributed by atoms with Crippen LogP contribution in [0.3, 0.4) is 0 Å². The number of esters is 4. The van der Waals surface area contributed by atoms with Gasteiger partial charge in [-0.05, 0) is 116 Å². The summed E-state index contributed by atoms with van der Waals surface area (Å²) in [5.74, 6) is -2.92. The number of amides is 4. The summed E-state index contributed by atoms with van der Waals surface area (Å²) in [6.07, 6.45) is 26.1. The molecule has 0 aliphatic heterocycles. The molecule has 0 aromatic rings. The average molecular weight is 1050 g/mol. The van der Waals surface area contributed by atoms with Crippen LogP contribution in [0.1, 0.15) is 136 Å². The second-order valence-electron chi connectivity index (χ2n) is 22.2. The summed E-state index contributed by atoms with van der Waals surface area (Å²) in [4.78, 5) is 99.6. The molecular formula is C60H84N4O12. The first-order valence-electron chi connectivity index (χ1n) is 25.6. The third kappa shape index (κ3) is 25.0. The molecule has 4 amide bonds. The summed E-state index contributed by atoms with van der Waals surface area (Å²) in [7, 11) is 0. The summed E-state index contributed by atoms with van der Waals surface area (Å²) < 4.78 is 21.4. The van der Waals surface area contributed by atoms with E-state index in [0.717, 1.165) is 33.4 Å². The van der Waals surface area contributed by atoms with E-state index in [2.05, 4.69) is 21.3 Å². The summed E-state index contributed by atoms with van der Waals surface area (Å²) in [6, 6.07) is -1.26. The van der Waals surface area contributed by atoms with E-state index in [1.165, 1.54) is 0 Å². The zero-order chi connectivity index (χ0) is 57.6. The predicted octanol–water partition coefficient (Wildman–Crippen LogP) is 10.1. The molecule has 16 heteroatoms.